The molecule has 6 heteroatoms. The lowest BCUT2D eigenvalue weighted by atomic mass is 10.2. The average molecular weight is 289 g/mol. The smallest absolute Gasteiger partial charge is 0.271 e. The molecule has 1 aliphatic heterocycles. The van der Waals surface area contributed by atoms with Gasteiger partial charge in [-0.05, 0) is 12.2 Å². The van der Waals surface area contributed by atoms with Gasteiger partial charge < -0.3 is 9.80 Å². The third-order valence-electron chi connectivity index (χ3n) is 3.00. The number of piperazine rings is 1. The fraction of sp³-hybridized carbons (Fsp3) is 0.400. The van der Waals surface area contributed by atoms with Crippen molar-refractivity contribution in [1.82, 2.24) is 20.1 Å². The number of allylic oxidation sites excluding steroid dienone is 3. The highest BCUT2D eigenvalue weighted by atomic mass is 16.1. The fourth-order valence-electron chi connectivity index (χ4n) is 2.05. The molecule has 0 bridgehead atoms. The van der Waals surface area contributed by atoms with Crippen LogP contribution in [0.5, 0.6) is 0 Å². The molecule has 2 heterocycles. The van der Waals surface area contributed by atoms with Gasteiger partial charge in [-0.1, -0.05) is 33.1 Å². The van der Waals surface area contributed by atoms with Gasteiger partial charge in [0.25, 0.3) is 5.56 Å². The normalized spacial score (nSPS) is 15.0. The summed E-state index contributed by atoms with van der Waals surface area (Å²) in [5, 5.41) is 7.61. The van der Waals surface area contributed by atoms with Crippen molar-refractivity contribution in [1.29, 1.82) is 0 Å². The lowest BCUT2D eigenvalue weighted by Crippen LogP contribution is -2.46. The van der Waals surface area contributed by atoms with Gasteiger partial charge in [0.05, 0.1) is 0 Å². The molecular weight excluding hydrogens is 266 g/mol. The summed E-state index contributed by atoms with van der Waals surface area (Å²) in [5.41, 5.74) is 0.827. The van der Waals surface area contributed by atoms with Crippen LogP contribution in [-0.4, -0.2) is 46.3 Å². The molecule has 0 spiro atoms. The molecule has 114 valence electrons. The van der Waals surface area contributed by atoms with Crippen molar-refractivity contribution in [3.05, 3.63) is 53.6 Å². The molecule has 1 saturated heterocycles. The van der Waals surface area contributed by atoms with Crippen LogP contribution in [-0.2, 0) is 0 Å². The maximum Gasteiger partial charge on any atom is 0.271 e. The summed E-state index contributed by atoms with van der Waals surface area (Å²) in [7, 11) is 0. The Labute approximate surface area is 125 Å². The van der Waals surface area contributed by atoms with E-state index in [9.17, 15) is 4.79 Å². The van der Waals surface area contributed by atoms with Gasteiger partial charge in [0.1, 0.15) is 6.20 Å². The highest BCUT2D eigenvalue weighted by molar-refractivity contribution is 5.29. The van der Waals surface area contributed by atoms with Crippen LogP contribution in [0.15, 0.2) is 48.1 Å². The summed E-state index contributed by atoms with van der Waals surface area (Å²) < 4.78 is 0. The van der Waals surface area contributed by atoms with E-state index in [4.69, 9.17) is 0 Å². The van der Waals surface area contributed by atoms with Crippen LogP contribution in [0.1, 0.15) is 13.8 Å². The summed E-state index contributed by atoms with van der Waals surface area (Å²) in [4.78, 5) is 18.1. The Morgan fingerprint density at radius 1 is 1.29 bits per heavy atom. The largest absolute Gasteiger partial charge is 0.368 e. The number of H-pyrrole nitrogens is 1. The highest BCUT2D eigenvalue weighted by Gasteiger charge is 2.19. The van der Waals surface area contributed by atoms with Crippen LogP contribution in [0.2, 0.25) is 0 Å². The summed E-state index contributed by atoms with van der Waals surface area (Å²) in [6.45, 7) is 14.7. The van der Waals surface area contributed by atoms with Gasteiger partial charge in [-0.25, -0.2) is 0 Å². The van der Waals surface area contributed by atoms with E-state index in [-0.39, 0.29) is 5.56 Å². The Balaban J connectivity index is 0.00000106. The predicted molar refractivity (Wildman–Crippen MR) is 86.3 cm³/mol. The molecule has 0 aromatic carbocycles. The van der Waals surface area contributed by atoms with E-state index in [1.807, 2.05) is 30.9 Å². The Kier molecular flexibility index (Phi) is 6.94. The zero-order valence-corrected chi connectivity index (χ0v) is 12.7. The second-order valence-electron chi connectivity index (χ2n) is 4.16. The number of rotatable bonds is 4. The summed E-state index contributed by atoms with van der Waals surface area (Å²) in [6, 6.07) is 0. The maximum absolute atomic E-state index is 11.2. The quantitative estimate of drug-likeness (QED) is 0.852. The van der Waals surface area contributed by atoms with Gasteiger partial charge >= 0.3 is 0 Å². The SMILES string of the molecule is C=C/C=C(\C=C)N1CCN(c2nncc(=O)[nH]2)CC1.CC. The van der Waals surface area contributed by atoms with E-state index in [2.05, 4.69) is 33.2 Å². The summed E-state index contributed by atoms with van der Waals surface area (Å²) in [6.07, 6.45) is 6.68. The van der Waals surface area contributed by atoms with Crippen molar-refractivity contribution >= 4 is 5.95 Å². The maximum atomic E-state index is 11.2. The van der Waals surface area contributed by atoms with Crippen molar-refractivity contribution in [2.24, 2.45) is 0 Å². The van der Waals surface area contributed by atoms with E-state index in [1.165, 1.54) is 6.20 Å². The molecule has 0 radical (unpaired) electrons. The lowest BCUT2D eigenvalue weighted by Gasteiger charge is -2.36. The molecule has 1 aliphatic rings. The first-order valence-electron chi connectivity index (χ1n) is 7.11. The molecule has 2 rings (SSSR count). The zero-order valence-electron chi connectivity index (χ0n) is 12.7. The van der Waals surface area contributed by atoms with Gasteiger partial charge in [-0.15, -0.1) is 10.2 Å². The van der Waals surface area contributed by atoms with Gasteiger partial charge in [0.15, 0.2) is 0 Å². The van der Waals surface area contributed by atoms with Gasteiger partial charge in [-0.2, -0.15) is 0 Å². The third-order valence-corrected chi connectivity index (χ3v) is 3.00. The van der Waals surface area contributed by atoms with Gasteiger partial charge in [-0.3, -0.25) is 9.78 Å². The first kappa shape index (κ1) is 16.7. The summed E-state index contributed by atoms with van der Waals surface area (Å²) in [5.74, 6) is 0.528. The molecule has 0 saturated carbocycles. The van der Waals surface area contributed by atoms with E-state index < -0.39 is 0 Å². The Bertz CT molecular complexity index is 541. The number of hydrogen-bond acceptors (Lipinski definition) is 5. The van der Waals surface area contributed by atoms with Crippen molar-refractivity contribution in [2.75, 3.05) is 31.1 Å². The van der Waals surface area contributed by atoms with Crippen LogP contribution in [0.3, 0.4) is 0 Å². The van der Waals surface area contributed by atoms with Crippen LogP contribution in [0.25, 0.3) is 0 Å². The predicted octanol–water partition coefficient (Wildman–Crippen LogP) is 1.57. The van der Waals surface area contributed by atoms with Crippen LogP contribution in [0.4, 0.5) is 5.95 Å². The lowest BCUT2D eigenvalue weighted by molar-refractivity contribution is 0.328. The number of aromatic nitrogens is 3. The molecule has 1 aromatic heterocycles. The second kappa shape index (κ2) is 8.73. The Morgan fingerprint density at radius 3 is 2.48 bits per heavy atom. The van der Waals surface area contributed by atoms with Crippen LogP contribution < -0.4 is 10.5 Å². The van der Waals surface area contributed by atoms with E-state index in [1.54, 1.807) is 6.08 Å². The number of hydrogen-bond donors (Lipinski definition) is 1. The zero-order chi connectivity index (χ0) is 15.7. The molecule has 1 fully saturated rings. The first-order chi connectivity index (χ1) is 10.2. The van der Waals surface area contributed by atoms with Gasteiger partial charge in [0.2, 0.25) is 5.95 Å². The van der Waals surface area contributed by atoms with Crippen molar-refractivity contribution in [2.45, 2.75) is 13.8 Å². The van der Waals surface area contributed by atoms with Gasteiger partial charge in [0, 0.05) is 31.9 Å². The number of nitrogens with zero attached hydrogens (tertiary/aromatic N) is 4. The standard InChI is InChI=1S/C13H17N5O.C2H6/c1-3-5-11(4-2)17-6-8-18(9-7-17)13-15-12(19)10-14-16-13;1-2/h3-5,10H,1-2,6-9H2,(H,15,16,19);1-2H3/b11-5+;. The van der Waals surface area contributed by atoms with Crippen molar-refractivity contribution < 1.29 is 0 Å². The van der Waals surface area contributed by atoms with E-state index in [0.29, 0.717) is 5.95 Å². The minimum atomic E-state index is -0.231. The van der Waals surface area contributed by atoms with Crippen LogP contribution in [0, 0.1) is 0 Å². The minimum Gasteiger partial charge on any atom is -0.368 e. The Hall–Kier alpha value is -2.37. The molecule has 21 heavy (non-hydrogen) atoms. The van der Waals surface area contributed by atoms with E-state index >= 15 is 0 Å². The number of aromatic amines is 1. The molecule has 0 unspecified atom stereocenters. The van der Waals surface area contributed by atoms with E-state index in [0.717, 1.165) is 31.9 Å². The highest BCUT2D eigenvalue weighted by Crippen LogP contribution is 2.13. The Morgan fingerprint density at radius 2 is 1.95 bits per heavy atom. The monoisotopic (exact) mass is 289 g/mol. The number of nitrogens with one attached hydrogen (secondary N) is 1. The van der Waals surface area contributed by atoms with Crippen LogP contribution >= 0.6 is 0 Å². The second-order valence-corrected chi connectivity index (χ2v) is 4.16. The molecule has 1 N–H and O–H groups in total. The topological polar surface area (TPSA) is 65.1 Å². The average Bonchev–Trinajstić information content (AvgIpc) is 2.55. The molecule has 1 aromatic rings. The third kappa shape index (κ3) is 4.59. The number of anilines is 1. The first-order valence-corrected chi connectivity index (χ1v) is 7.11. The molecule has 6 nitrogen and oxygen atoms in total. The fourth-order valence-corrected chi connectivity index (χ4v) is 2.05. The van der Waals surface area contributed by atoms with Crippen molar-refractivity contribution in [3.63, 3.8) is 0 Å². The van der Waals surface area contributed by atoms with Crippen molar-refractivity contribution in [3.8, 4) is 0 Å². The molecular formula is C15H23N5O. The molecule has 0 amide bonds. The molecule has 0 aliphatic carbocycles. The molecule has 0 atom stereocenters. The minimum absolute atomic E-state index is 0.231. The summed E-state index contributed by atoms with van der Waals surface area (Å²) >= 11 is 0.